The van der Waals surface area contributed by atoms with E-state index in [0.717, 1.165) is 19.4 Å². The first-order valence-electron chi connectivity index (χ1n) is 3.86. The van der Waals surface area contributed by atoms with Crippen LogP contribution in [0.4, 0.5) is 0 Å². The first kappa shape index (κ1) is 12.4. The third kappa shape index (κ3) is 8.46. The highest BCUT2D eigenvalue weighted by Gasteiger charge is 2.14. The van der Waals surface area contributed by atoms with E-state index in [9.17, 15) is 10.1 Å². The van der Waals surface area contributed by atoms with E-state index in [0.29, 0.717) is 0 Å². The van der Waals surface area contributed by atoms with E-state index in [-0.39, 0.29) is 12.6 Å². The van der Waals surface area contributed by atoms with Gasteiger partial charge in [0, 0.05) is 6.04 Å². The van der Waals surface area contributed by atoms with Gasteiger partial charge in [-0.15, -0.1) is 20.2 Å². The van der Waals surface area contributed by atoms with Crippen LogP contribution >= 0.6 is 0 Å². The topological polar surface area (TPSA) is 128 Å². The third-order valence-electron chi connectivity index (χ3n) is 1.54. The standard InChI is InChI=1S/C5H10N2O3.HNO3/c8-7(9)10-4-5-2-1-3-6-5;2-1(3)4/h5-6H,1-4H2;(H,2,3,4)/t5-;/m0./s1. The van der Waals surface area contributed by atoms with Gasteiger partial charge < -0.3 is 15.4 Å². The molecule has 0 spiro atoms. The number of hydrogen-bond donors (Lipinski definition) is 2. The third-order valence-corrected chi connectivity index (χ3v) is 1.54. The minimum atomic E-state index is -1.50. The lowest BCUT2D eigenvalue weighted by Crippen LogP contribution is -2.27. The molecule has 9 heteroatoms. The smallest absolute Gasteiger partial charge is 0.294 e. The quantitative estimate of drug-likeness (QED) is 0.477. The predicted octanol–water partition coefficient (Wildman–Crippen LogP) is -0.401. The molecular weight excluding hydrogens is 198 g/mol. The number of rotatable bonds is 3. The zero-order valence-electron chi connectivity index (χ0n) is 7.29. The fourth-order valence-electron chi connectivity index (χ4n) is 1.05. The Morgan fingerprint density at radius 1 is 1.50 bits per heavy atom. The Labute approximate surface area is 78.9 Å². The molecule has 0 radical (unpaired) electrons. The van der Waals surface area contributed by atoms with Crippen molar-refractivity contribution in [3.05, 3.63) is 20.2 Å². The van der Waals surface area contributed by atoms with Crippen LogP contribution < -0.4 is 5.32 Å². The molecule has 9 nitrogen and oxygen atoms in total. The highest BCUT2D eigenvalue weighted by atomic mass is 16.9. The summed E-state index contributed by atoms with van der Waals surface area (Å²) in [6, 6.07) is 0.186. The maximum Gasteiger partial charge on any atom is 0.294 e. The molecule has 82 valence electrons. The molecule has 0 bridgehead atoms. The van der Waals surface area contributed by atoms with Gasteiger partial charge >= 0.3 is 0 Å². The maximum atomic E-state index is 9.71. The fraction of sp³-hybridized carbons (Fsp3) is 1.00. The fourth-order valence-corrected chi connectivity index (χ4v) is 1.05. The molecule has 2 N–H and O–H groups in total. The molecular formula is C5H11N3O6. The number of hydrogen-bond acceptors (Lipinski definition) is 6. The highest BCUT2D eigenvalue weighted by Crippen LogP contribution is 2.04. The summed E-state index contributed by atoms with van der Waals surface area (Å²) < 4.78 is 0. The van der Waals surface area contributed by atoms with E-state index < -0.39 is 10.2 Å². The van der Waals surface area contributed by atoms with Gasteiger partial charge in [0.1, 0.15) is 6.61 Å². The molecule has 0 aliphatic carbocycles. The van der Waals surface area contributed by atoms with Crippen molar-refractivity contribution in [2.24, 2.45) is 0 Å². The average Bonchev–Trinajstić information content (AvgIpc) is 2.51. The Balaban J connectivity index is 0.000000364. The number of nitrogens with one attached hydrogen (secondary N) is 1. The van der Waals surface area contributed by atoms with E-state index in [1.54, 1.807) is 0 Å². The Morgan fingerprint density at radius 2 is 2.07 bits per heavy atom. The van der Waals surface area contributed by atoms with E-state index >= 15 is 0 Å². The summed E-state index contributed by atoms with van der Waals surface area (Å²) >= 11 is 0. The first-order chi connectivity index (χ1) is 6.52. The molecule has 1 aliphatic rings. The van der Waals surface area contributed by atoms with Crippen molar-refractivity contribution in [2.45, 2.75) is 18.9 Å². The van der Waals surface area contributed by atoms with Crippen molar-refractivity contribution < 1.29 is 20.2 Å². The Hall–Kier alpha value is -1.64. The zero-order valence-corrected chi connectivity index (χ0v) is 7.29. The summed E-state index contributed by atoms with van der Waals surface area (Å²) in [5.74, 6) is 0. The summed E-state index contributed by atoms with van der Waals surface area (Å²) in [5.41, 5.74) is 0. The zero-order chi connectivity index (χ0) is 11.0. The van der Waals surface area contributed by atoms with Crippen LogP contribution in [-0.2, 0) is 4.84 Å². The molecule has 1 fully saturated rings. The average molecular weight is 209 g/mol. The molecule has 0 saturated carbocycles. The highest BCUT2D eigenvalue weighted by molar-refractivity contribution is 4.72. The molecule has 0 amide bonds. The summed E-state index contributed by atoms with van der Waals surface area (Å²) in [6.45, 7) is 1.14. The van der Waals surface area contributed by atoms with E-state index in [4.69, 9.17) is 15.3 Å². The summed E-state index contributed by atoms with van der Waals surface area (Å²) in [4.78, 5) is 22.3. The van der Waals surface area contributed by atoms with Gasteiger partial charge in [0.15, 0.2) is 0 Å². The van der Waals surface area contributed by atoms with Crippen molar-refractivity contribution in [3.63, 3.8) is 0 Å². The van der Waals surface area contributed by atoms with Crippen molar-refractivity contribution in [1.29, 1.82) is 0 Å². The van der Waals surface area contributed by atoms with Crippen molar-refractivity contribution in [1.82, 2.24) is 5.32 Å². The van der Waals surface area contributed by atoms with E-state index in [2.05, 4.69) is 10.2 Å². The molecule has 1 aliphatic heterocycles. The van der Waals surface area contributed by atoms with Crippen molar-refractivity contribution in [2.75, 3.05) is 13.2 Å². The van der Waals surface area contributed by atoms with Gasteiger partial charge in [-0.2, -0.15) is 0 Å². The Morgan fingerprint density at radius 3 is 2.43 bits per heavy atom. The molecule has 0 aromatic carbocycles. The van der Waals surface area contributed by atoms with Gasteiger partial charge in [-0.1, -0.05) is 0 Å². The van der Waals surface area contributed by atoms with Crippen molar-refractivity contribution >= 4 is 0 Å². The summed E-state index contributed by atoms with van der Waals surface area (Å²) in [5, 5.41) is 25.7. The molecule has 0 aromatic heterocycles. The van der Waals surface area contributed by atoms with Crippen molar-refractivity contribution in [3.8, 4) is 0 Å². The molecule has 1 atom stereocenters. The lowest BCUT2D eigenvalue weighted by Gasteiger charge is -2.06. The van der Waals surface area contributed by atoms with Crippen LogP contribution in [0.1, 0.15) is 12.8 Å². The van der Waals surface area contributed by atoms with E-state index in [1.807, 2.05) is 0 Å². The molecule has 1 saturated heterocycles. The molecule has 14 heavy (non-hydrogen) atoms. The minimum absolute atomic E-state index is 0.186. The second kappa shape index (κ2) is 6.83. The minimum Gasteiger partial charge on any atom is -0.328 e. The monoisotopic (exact) mass is 209 g/mol. The van der Waals surface area contributed by atoms with Gasteiger partial charge in [0.25, 0.3) is 10.2 Å². The molecule has 1 rings (SSSR count). The second-order valence-corrected chi connectivity index (χ2v) is 2.55. The summed E-state index contributed by atoms with van der Waals surface area (Å²) in [7, 11) is 0. The second-order valence-electron chi connectivity index (χ2n) is 2.55. The lowest BCUT2D eigenvalue weighted by molar-refractivity contribution is -0.758. The van der Waals surface area contributed by atoms with Crippen LogP contribution in [0.2, 0.25) is 0 Å². The van der Waals surface area contributed by atoms with Gasteiger partial charge in [-0.3, -0.25) is 0 Å². The summed E-state index contributed by atoms with van der Waals surface area (Å²) in [6.07, 6.45) is 2.07. The molecule has 0 unspecified atom stereocenters. The normalized spacial score (nSPS) is 19.3. The van der Waals surface area contributed by atoms with Gasteiger partial charge in [-0.05, 0) is 19.4 Å². The predicted molar refractivity (Wildman–Crippen MR) is 42.8 cm³/mol. The van der Waals surface area contributed by atoms with E-state index in [1.165, 1.54) is 0 Å². The largest absolute Gasteiger partial charge is 0.328 e. The SMILES string of the molecule is O=[N+]([O-])O.O=[N+]([O-])OC[C@@H]1CCCN1. The Kier molecular flexibility index (Phi) is 6.03. The Bertz CT molecular complexity index is 188. The van der Waals surface area contributed by atoms with Crippen LogP contribution in [0, 0.1) is 20.2 Å². The van der Waals surface area contributed by atoms with Gasteiger partial charge in [0.05, 0.1) is 0 Å². The molecule has 1 heterocycles. The van der Waals surface area contributed by atoms with Crippen LogP contribution in [0.15, 0.2) is 0 Å². The number of nitrogens with zero attached hydrogens (tertiary/aromatic N) is 2. The van der Waals surface area contributed by atoms with Gasteiger partial charge in [-0.25, -0.2) is 0 Å². The van der Waals surface area contributed by atoms with Crippen LogP contribution in [0.25, 0.3) is 0 Å². The maximum absolute atomic E-state index is 9.71. The van der Waals surface area contributed by atoms with Gasteiger partial charge in [0.2, 0.25) is 0 Å². The molecule has 0 aromatic rings. The van der Waals surface area contributed by atoms with Crippen LogP contribution in [-0.4, -0.2) is 34.6 Å². The first-order valence-corrected chi connectivity index (χ1v) is 3.86. The van der Waals surface area contributed by atoms with Crippen LogP contribution in [0.5, 0.6) is 0 Å². The van der Waals surface area contributed by atoms with Crippen LogP contribution in [0.3, 0.4) is 0 Å². The lowest BCUT2D eigenvalue weighted by atomic mass is 10.2.